The molecule has 2 saturated heterocycles. The highest BCUT2D eigenvalue weighted by Crippen LogP contribution is 2.18. The van der Waals surface area contributed by atoms with Crippen LogP contribution >= 0.6 is 24.0 Å². The SMILES string of the molecule is CCC1CCCCN1CCNC(=NC)NCCC(=O)N1CCCC(C)C1.I. The number of nitrogens with one attached hydrogen (secondary N) is 2. The molecule has 7 heteroatoms. The molecule has 2 rings (SSSR count). The highest BCUT2D eigenvalue weighted by molar-refractivity contribution is 14.0. The number of aliphatic imine (C=N–C) groups is 1. The second-order valence-electron chi connectivity index (χ2n) is 7.86. The third kappa shape index (κ3) is 8.54. The summed E-state index contributed by atoms with van der Waals surface area (Å²) >= 11 is 0. The minimum Gasteiger partial charge on any atom is -0.356 e. The Morgan fingerprint density at radius 3 is 2.59 bits per heavy atom. The number of carbonyl (C=O) groups excluding carboxylic acids is 1. The summed E-state index contributed by atoms with van der Waals surface area (Å²) in [6.07, 6.45) is 8.19. The molecule has 0 radical (unpaired) electrons. The molecule has 158 valence electrons. The summed E-state index contributed by atoms with van der Waals surface area (Å²) < 4.78 is 0. The standard InChI is InChI=1S/C20H39N5O.HI/c1-4-18-9-5-6-13-24(18)15-12-23-20(21-3)22-11-10-19(26)25-14-7-8-17(2)16-25;/h17-18H,4-16H2,1-3H3,(H2,21,22,23);1H. The monoisotopic (exact) mass is 493 g/mol. The lowest BCUT2D eigenvalue weighted by molar-refractivity contribution is -0.132. The predicted molar refractivity (Wildman–Crippen MR) is 124 cm³/mol. The zero-order valence-corrected chi connectivity index (χ0v) is 19.8. The molecule has 2 aliphatic rings. The summed E-state index contributed by atoms with van der Waals surface area (Å²) in [5.41, 5.74) is 0. The lowest BCUT2D eigenvalue weighted by Crippen LogP contribution is -2.46. The van der Waals surface area contributed by atoms with Gasteiger partial charge in [0.1, 0.15) is 0 Å². The smallest absolute Gasteiger partial charge is 0.224 e. The van der Waals surface area contributed by atoms with Gasteiger partial charge in [0.2, 0.25) is 5.91 Å². The van der Waals surface area contributed by atoms with E-state index in [4.69, 9.17) is 0 Å². The zero-order chi connectivity index (χ0) is 18.8. The van der Waals surface area contributed by atoms with E-state index in [1.165, 1.54) is 38.6 Å². The Hall–Kier alpha value is -0.570. The topological polar surface area (TPSA) is 60.0 Å². The molecule has 2 heterocycles. The Bertz CT molecular complexity index is 460. The van der Waals surface area contributed by atoms with E-state index < -0.39 is 0 Å². The first-order valence-corrected chi connectivity index (χ1v) is 10.6. The third-order valence-electron chi connectivity index (χ3n) is 5.78. The van der Waals surface area contributed by atoms with Crippen molar-refractivity contribution in [2.75, 3.05) is 46.3 Å². The van der Waals surface area contributed by atoms with E-state index >= 15 is 0 Å². The number of nitrogens with zero attached hydrogens (tertiary/aromatic N) is 3. The largest absolute Gasteiger partial charge is 0.356 e. The molecule has 0 aromatic rings. The van der Waals surface area contributed by atoms with Crippen LogP contribution in [0.3, 0.4) is 0 Å². The van der Waals surface area contributed by atoms with E-state index in [1.807, 2.05) is 4.90 Å². The fraction of sp³-hybridized carbons (Fsp3) is 0.900. The van der Waals surface area contributed by atoms with Gasteiger partial charge >= 0.3 is 0 Å². The summed E-state index contributed by atoms with van der Waals surface area (Å²) in [5.74, 6) is 1.70. The van der Waals surface area contributed by atoms with Gasteiger partial charge in [0, 0.05) is 52.2 Å². The number of piperidine rings is 2. The second-order valence-corrected chi connectivity index (χ2v) is 7.86. The lowest BCUT2D eigenvalue weighted by Gasteiger charge is -2.35. The number of hydrogen-bond donors (Lipinski definition) is 2. The third-order valence-corrected chi connectivity index (χ3v) is 5.78. The van der Waals surface area contributed by atoms with Crippen LogP contribution in [0.25, 0.3) is 0 Å². The summed E-state index contributed by atoms with van der Waals surface area (Å²) in [4.78, 5) is 21.2. The molecular weight excluding hydrogens is 453 g/mol. The number of amides is 1. The lowest BCUT2D eigenvalue weighted by atomic mass is 10.00. The van der Waals surface area contributed by atoms with Crippen molar-refractivity contribution in [2.45, 2.75) is 64.8 Å². The van der Waals surface area contributed by atoms with Crippen LogP contribution in [0.4, 0.5) is 0 Å². The Morgan fingerprint density at radius 1 is 1.11 bits per heavy atom. The van der Waals surface area contributed by atoms with Crippen LogP contribution in [0, 0.1) is 5.92 Å². The van der Waals surface area contributed by atoms with Crippen molar-refractivity contribution in [2.24, 2.45) is 10.9 Å². The van der Waals surface area contributed by atoms with Crippen molar-refractivity contribution in [3.63, 3.8) is 0 Å². The van der Waals surface area contributed by atoms with Crippen LogP contribution in [0.1, 0.15) is 58.8 Å². The maximum absolute atomic E-state index is 12.3. The molecule has 0 aromatic carbocycles. The van der Waals surface area contributed by atoms with Gasteiger partial charge in [-0.2, -0.15) is 0 Å². The van der Waals surface area contributed by atoms with E-state index in [2.05, 4.69) is 34.4 Å². The molecule has 2 N–H and O–H groups in total. The van der Waals surface area contributed by atoms with Crippen LogP contribution in [-0.4, -0.2) is 74.0 Å². The van der Waals surface area contributed by atoms with Crippen LogP contribution < -0.4 is 10.6 Å². The van der Waals surface area contributed by atoms with Gasteiger partial charge in [-0.05, 0) is 44.6 Å². The van der Waals surface area contributed by atoms with Crippen molar-refractivity contribution in [1.29, 1.82) is 0 Å². The van der Waals surface area contributed by atoms with Gasteiger partial charge in [-0.1, -0.05) is 20.3 Å². The normalized spacial score (nSPS) is 24.3. The fourth-order valence-electron chi connectivity index (χ4n) is 4.22. The molecule has 6 nitrogen and oxygen atoms in total. The van der Waals surface area contributed by atoms with Crippen LogP contribution in [0.15, 0.2) is 4.99 Å². The first kappa shape index (κ1) is 24.5. The Balaban J connectivity index is 0.00000364. The van der Waals surface area contributed by atoms with Gasteiger partial charge in [0.25, 0.3) is 0 Å². The van der Waals surface area contributed by atoms with Crippen LogP contribution in [0.2, 0.25) is 0 Å². The van der Waals surface area contributed by atoms with Gasteiger partial charge in [0.15, 0.2) is 5.96 Å². The van der Waals surface area contributed by atoms with Crippen molar-refractivity contribution >= 4 is 35.8 Å². The molecule has 2 unspecified atom stereocenters. The fourth-order valence-corrected chi connectivity index (χ4v) is 4.22. The van der Waals surface area contributed by atoms with Crippen molar-refractivity contribution in [1.82, 2.24) is 20.4 Å². The number of halogens is 1. The van der Waals surface area contributed by atoms with Gasteiger partial charge in [0.05, 0.1) is 0 Å². The van der Waals surface area contributed by atoms with Crippen molar-refractivity contribution in [3.8, 4) is 0 Å². The van der Waals surface area contributed by atoms with E-state index in [0.29, 0.717) is 18.9 Å². The molecule has 0 saturated carbocycles. The summed E-state index contributed by atoms with van der Waals surface area (Å²) in [6.45, 7) is 10.2. The van der Waals surface area contributed by atoms with Gasteiger partial charge < -0.3 is 15.5 Å². The average molecular weight is 493 g/mol. The predicted octanol–water partition coefficient (Wildman–Crippen LogP) is 2.68. The first-order chi connectivity index (χ1) is 12.6. The maximum Gasteiger partial charge on any atom is 0.224 e. The number of rotatable bonds is 7. The van der Waals surface area contributed by atoms with E-state index in [0.717, 1.165) is 44.6 Å². The molecule has 0 spiro atoms. The van der Waals surface area contributed by atoms with Crippen LogP contribution in [0.5, 0.6) is 0 Å². The number of likely N-dealkylation sites (tertiary alicyclic amines) is 2. The zero-order valence-electron chi connectivity index (χ0n) is 17.5. The quantitative estimate of drug-likeness (QED) is 0.325. The number of carbonyl (C=O) groups is 1. The molecule has 27 heavy (non-hydrogen) atoms. The molecule has 1 amide bonds. The van der Waals surface area contributed by atoms with Gasteiger partial charge in [-0.3, -0.25) is 14.7 Å². The number of hydrogen-bond acceptors (Lipinski definition) is 3. The highest BCUT2D eigenvalue weighted by atomic mass is 127. The van der Waals surface area contributed by atoms with E-state index in [-0.39, 0.29) is 29.9 Å². The van der Waals surface area contributed by atoms with Crippen LogP contribution in [-0.2, 0) is 4.79 Å². The van der Waals surface area contributed by atoms with Gasteiger partial charge in [-0.25, -0.2) is 0 Å². The molecule has 0 aromatic heterocycles. The molecule has 2 atom stereocenters. The Kier molecular flexibility index (Phi) is 12.3. The van der Waals surface area contributed by atoms with E-state index in [9.17, 15) is 4.79 Å². The molecule has 2 fully saturated rings. The summed E-state index contributed by atoms with van der Waals surface area (Å²) in [7, 11) is 1.79. The summed E-state index contributed by atoms with van der Waals surface area (Å²) in [6, 6.07) is 0.741. The first-order valence-electron chi connectivity index (χ1n) is 10.6. The Morgan fingerprint density at radius 2 is 1.89 bits per heavy atom. The Labute approximate surface area is 182 Å². The summed E-state index contributed by atoms with van der Waals surface area (Å²) in [5, 5.41) is 6.68. The molecular formula is C20H40IN5O. The van der Waals surface area contributed by atoms with Crippen molar-refractivity contribution in [3.05, 3.63) is 0 Å². The van der Waals surface area contributed by atoms with Gasteiger partial charge in [-0.15, -0.1) is 24.0 Å². The molecule has 0 bridgehead atoms. The highest BCUT2D eigenvalue weighted by Gasteiger charge is 2.21. The van der Waals surface area contributed by atoms with E-state index in [1.54, 1.807) is 7.05 Å². The molecule has 2 aliphatic heterocycles. The minimum atomic E-state index is 0. The second kappa shape index (κ2) is 13.6. The average Bonchev–Trinajstić information content (AvgIpc) is 2.67. The minimum absolute atomic E-state index is 0. The molecule has 0 aliphatic carbocycles. The maximum atomic E-state index is 12.3. The number of guanidine groups is 1. The van der Waals surface area contributed by atoms with Crippen molar-refractivity contribution < 1.29 is 4.79 Å².